The van der Waals surface area contributed by atoms with Gasteiger partial charge in [0.25, 0.3) is 0 Å². The number of rotatable bonds is 3. The van der Waals surface area contributed by atoms with E-state index in [1.165, 1.54) is 18.5 Å². The van der Waals surface area contributed by atoms with E-state index in [0.29, 0.717) is 6.04 Å². The molecule has 1 heterocycles. The molecule has 0 spiro atoms. The third kappa shape index (κ3) is 3.82. The van der Waals surface area contributed by atoms with Crippen molar-refractivity contribution in [2.24, 2.45) is 0 Å². The summed E-state index contributed by atoms with van der Waals surface area (Å²) in [7, 11) is 0. The SMILES string of the molecule is CC(Cc1ccccc1)N1CCCNC(C)(C)C1. The topological polar surface area (TPSA) is 15.3 Å². The molecule has 1 atom stereocenters. The third-order valence-electron chi connectivity index (χ3n) is 3.82. The highest BCUT2D eigenvalue weighted by atomic mass is 15.2. The molecule has 1 N–H and O–H groups in total. The molecule has 0 amide bonds. The van der Waals surface area contributed by atoms with Gasteiger partial charge in [-0.1, -0.05) is 30.3 Å². The zero-order chi connectivity index (χ0) is 13.0. The van der Waals surface area contributed by atoms with E-state index in [2.05, 4.69) is 61.3 Å². The normalized spacial score (nSPS) is 22.4. The summed E-state index contributed by atoms with van der Waals surface area (Å²) >= 11 is 0. The smallest absolute Gasteiger partial charge is 0.0252 e. The molecule has 2 heteroatoms. The number of nitrogens with zero attached hydrogens (tertiary/aromatic N) is 1. The molecule has 0 aliphatic carbocycles. The van der Waals surface area contributed by atoms with Crippen molar-refractivity contribution < 1.29 is 0 Å². The lowest BCUT2D eigenvalue weighted by Crippen LogP contribution is -2.49. The van der Waals surface area contributed by atoms with E-state index in [1.54, 1.807) is 0 Å². The van der Waals surface area contributed by atoms with E-state index < -0.39 is 0 Å². The van der Waals surface area contributed by atoms with Crippen LogP contribution in [0.1, 0.15) is 32.8 Å². The van der Waals surface area contributed by atoms with Crippen molar-refractivity contribution in [3.8, 4) is 0 Å². The first kappa shape index (κ1) is 13.6. The van der Waals surface area contributed by atoms with Crippen LogP contribution in [0.3, 0.4) is 0 Å². The molecule has 100 valence electrons. The molecular weight excluding hydrogens is 220 g/mol. The molecule has 18 heavy (non-hydrogen) atoms. The van der Waals surface area contributed by atoms with Crippen LogP contribution in [-0.2, 0) is 6.42 Å². The Balaban J connectivity index is 1.97. The van der Waals surface area contributed by atoms with Crippen molar-refractivity contribution in [1.82, 2.24) is 10.2 Å². The fourth-order valence-corrected chi connectivity index (χ4v) is 2.81. The molecule has 1 aromatic carbocycles. The van der Waals surface area contributed by atoms with E-state index in [4.69, 9.17) is 0 Å². The molecule has 0 saturated carbocycles. The zero-order valence-corrected chi connectivity index (χ0v) is 11.9. The van der Waals surface area contributed by atoms with Gasteiger partial charge in [-0.15, -0.1) is 0 Å². The summed E-state index contributed by atoms with van der Waals surface area (Å²) in [5, 5.41) is 3.63. The standard InChI is InChI=1S/C16H26N2/c1-14(12-15-8-5-4-6-9-15)18-11-7-10-17-16(2,3)13-18/h4-6,8-9,14,17H,7,10-13H2,1-3H3. The van der Waals surface area contributed by atoms with Crippen LogP contribution in [-0.4, -0.2) is 36.1 Å². The summed E-state index contributed by atoms with van der Waals surface area (Å²) in [5.41, 5.74) is 1.68. The predicted molar refractivity (Wildman–Crippen MR) is 77.9 cm³/mol. The van der Waals surface area contributed by atoms with Crippen molar-refractivity contribution in [3.63, 3.8) is 0 Å². The van der Waals surface area contributed by atoms with Crippen molar-refractivity contribution in [1.29, 1.82) is 0 Å². The minimum absolute atomic E-state index is 0.238. The van der Waals surface area contributed by atoms with Crippen LogP contribution in [0.4, 0.5) is 0 Å². The number of nitrogens with one attached hydrogen (secondary N) is 1. The first-order valence-corrected chi connectivity index (χ1v) is 7.10. The molecule has 0 bridgehead atoms. The van der Waals surface area contributed by atoms with Crippen molar-refractivity contribution in [2.75, 3.05) is 19.6 Å². The Morgan fingerprint density at radius 2 is 2.00 bits per heavy atom. The van der Waals surface area contributed by atoms with Crippen LogP contribution in [0.25, 0.3) is 0 Å². The summed E-state index contributed by atoms with van der Waals surface area (Å²) < 4.78 is 0. The number of benzene rings is 1. The molecule has 1 aromatic rings. The highest BCUT2D eigenvalue weighted by molar-refractivity contribution is 5.15. The van der Waals surface area contributed by atoms with Gasteiger partial charge in [-0.25, -0.2) is 0 Å². The van der Waals surface area contributed by atoms with Gasteiger partial charge in [0, 0.05) is 18.1 Å². The van der Waals surface area contributed by atoms with Crippen molar-refractivity contribution in [3.05, 3.63) is 35.9 Å². The largest absolute Gasteiger partial charge is 0.310 e. The molecule has 0 aromatic heterocycles. The molecule has 1 aliphatic rings. The molecule has 2 rings (SSSR count). The maximum absolute atomic E-state index is 3.63. The summed E-state index contributed by atoms with van der Waals surface area (Å²) in [6.07, 6.45) is 2.40. The van der Waals surface area contributed by atoms with Gasteiger partial charge in [-0.3, -0.25) is 4.90 Å². The maximum Gasteiger partial charge on any atom is 0.0252 e. The van der Waals surface area contributed by atoms with Gasteiger partial charge >= 0.3 is 0 Å². The average molecular weight is 246 g/mol. The molecule has 0 radical (unpaired) electrons. The quantitative estimate of drug-likeness (QED) is 0.882. The highest BCUT2D eigenvalue weighted by Gasteiger charge is 2.26. The van der Waals surface area contributed by atoms with Crippen LogP contribution in [0.5, 0.6) is 0 Å². The fourth-order valence-electron chi connectivity index (χ4n) is 2.81. The van der Waals surface area contributed by atoms with Gasteiger partial charge in [0.15, 0.2) is 0 Å². The number of hydrogen-bond donors (Lipinski definition) is 1. The second kappa shape index (κ2) is 5.85. The zero-order valence-electron chi connectivity index (χ0n) is 11.9. The predicted octanol–water partition coefficient (Wildman–Crippen LogP) is 2.69. The van der Waals surface area contributed by atoms with E-state index in [0.717, 1.165) is 19.5 Å². The molecule has 1 aliphatic heterocycles. The highest BCUT2D eigenvalue weighted by Crippen LogP contribution is 2.16. The van der Waals surface area contributed by atoms with E-state index in [9.17, 15) is 0 Å². The summed E-state index contributed by atoms with van der Waals surface area (Å²) in [5.74, 6) is 0. The van der Waals surface area contributed by atoms with E-state index in [1.807, 2.05) is 0 Å². The lowest BCUT2D eigenvalue weighted by Gasteiger charge is -2.34. The Labute approximate surface area is 111 Å². The Hall–Kier alpha value is -0.860. The first-order chi connectivity index (χ1) is 8.57. The first-order valence-electron chi connectivity index (χ1n) is 7.10. The lowest BCUT2D eigenvalue weighted by atomic mass is 10.0. The monoisotopic (exact) mass is 246 g/mol. The molecule has 2 nitrogen and oxygen atoms in total. The Kier molecular flexibility index (Phi) is 4.41. The van der Waals surface area contributed by atoms with E-state index in [-0.39, 0.29) is 5.54 Å². The van der Waals surface area contributed by atoms with Gasteiger partial charge in [-0.2, -0.15) is 0 Å². The van der Waals surface area contributed by atoms with Crippen molar-refractivity contribution >= 4 is 0 Å². The fraction of sp³-hybridized carbons (Fsp3) is 0.625. The summed E-state index contributed by atoms with van der Waals surface area (Å²) in [4.78, 5) is 2.63. The summed E-state index contributed by atoms with van der Waals surface area (Å²) in [6.45, 7) is 10.5. The second-order valence-electron chi connectivity index (χ2n) is 6.17. The lowest BCUT2D eigenvalue weighted by molar-refractivity contribution is 0.178. The van der Waals surface area contributed by atoms with Gasteiger partial charge in [-0.05, 0) is 52.3 Å². The van der Waals surface area contributed by atoms with E-state index >= 15 is 0 Å². The molecule has 1 fully saturated rings. The number of hydrogen-bond acceptors (Lipinski definition) is 2. The second-order valence-corrected chi connectivity index (χ2v) is 6.17. The van der Waals surface area contributed by atoms with Crippen LogP contribution < -0.4 is 5.32 Å². The van der Waals surface area contributed by atoms with Gasteiger partial charge in [0.1, 0.15) is 0 Å². The van der Waals surface area contributed by atoms with Crippen molar-refractivity contribution in [2.45, 2.75) is 45.2 Å². The summed E-state index contributed by atoms with van der Waals surface area (Å²) in [6, 6.07) is 11.4. The maximum atomic E-state index is 3.63. The van der Waals surface area contributed by atoms with Crippen LogP contribution in [0, 0.1) is 0 Å². The minimum atomic E-state index is 0.238. The molecule has 1 unspecified atom stereocenters. The molecule has 1 saturated heterocycles. The molecular formula is C16H26N2. The minimum Gasteiger partial charge on any atom is -0.310 e. The van der Waals surface area contributed by atoms with Gasteiger partial charge in [0.05, 0.1) is 0 Å². The Morgan fingerprint density at radius 3 is 2.72 bits per heavy atom. The van der Waals surface area contributed by atoms with Crippen LogP contribution >= 0.6 is 0 Å². The Morgan fingerprint density at radius 1 is 1.28 bits per heavy atom. The average Bonchev–Trinajstić information content (AvgIpc) is 2.51. The van der Waals surface area contributed by atoms with Gasteiger partial charge < -0.3 is 5.32 Å². The van der Waals surface area contributed by atoms with Gasteiger partial charge in [0.2, 0.25) is 0 Å². The Bertz CT molecular complexity index is 359. The third-order valence-corrected chi connectivity index (χ3v) is 3.82. The van der Waals surface area contributed by atoms with Crippen LogP contribution in [0.2, 0.25) is 0 Å². The van der Waals surface area contributed by atoms with Crippen LogP contribution in [0.15, 0.2) is 30.3 Å².